The minimum Gasteiger partial charge on any atom is -0.339 e. The molecule has 1 aromatic heterocycles. The van der Waals surface area contributed by atoms with Crippen LogP contribution < -0.4 is 0 Å². The van der Waals surface area contributed by atoms with E-state index in [9.17, 15) is 22.8 Å². The molecule has 1 amide bonds. The van der Waals surface area contributed by atoms with Crippen molar-refractivity contribution in [1.82, 2.24) is 9.88 Å². The Labute approximate surface area is 142 Å². The fourth-order valence-corrected chi connectivity index (χ4v) is 3.00. The lowest BCUT2D eigenvalue weighted by Crippen LogP contribution is -2.40. The van der Waals surface area contributed by atoms with Gasteiger partial charge in [0.25, 0.3) is 5.91 Å². The first kappa shape index (κ1) is 17.1. The molecule has 130 valence electrons. The van der Waals surface area contributed by atoms with Crippen LogP contribution in [-0.2, 0) is 0 Å². The Hall–Kier alpha value is -2.70. The highest BCUT2D eigenvalue weighted by molar-refractivity contribution is 5.99. The number of pyridine rings is 1. The van der Waals surface area contributed by atoms with Crippen molar-refractivity contribution >= 4 is 11.7 Å². The molecule has 0 atom stereocenters. The molecule has 0 saturated carbocycles. The largest absolute Gasteiger partial charge is 0.339 e. The fourth-order valence-electron chi connectivity index (χ4n) is 3.00. The average molecular weight is 348 g/mol. The number of carbonyl (C=O) groups is 2. The summed E-state index contributed by atoms with van der Waals surface area (Å²) in [4.78, 5) is 30.2. The van der Waals surface area contributed by atoms with Gasteiger partial charge in [0.05, 0.1) is 11.1 Å². The van der Waals surface area contributed by atoms with Crippen LogP contribution >= 0.6 is 0 Å². The average Bonchev–Trinajstić information content (AvgIpc) is 2.61. The van der Waals surface area contributed by atoms with Gasteiger partial charge in [-0.3, -0.25) is 14.6 Å². The molecular formula is C18H15F3N2O2. The second-order valence-corrected chi connectivity index (χ2v) is 5.92. The third kappa shape index (κ3) is 3.55. The number of Topliss-reactive ketones (excluding diaryl/α,β-unsaturated/α-hetero) is 1. The smallest absolute Gasteiger partial charge is 0.255 e. The van der Waals surface area contributed by atoms with E-state index >= 15 is 0 Å². The zero-order valence-electron chi connectivity index (χ0n) is 13.2. The molecule has 1 aromatic carbocycles. The van der Waals surface area contributed by atoms with E-state index in [1.54, 1.807) is 23.2 Å². The fraction of sp³-hybridized carbons (Fsp3) is 0.278. The van der Waals surface area contributed by atoms with Gasteiger partial charge in [0, 0.05) is 43.5 Å². The summed E-state index contributed by atoms with van der Waals surface area (Å²) >= 11 is 0. The zero-order valence-corrected chi connectivity index (χ0v) is 13.2. The van der Waals surface area contributed by atoms with Crippen LogP contribution in [0.1, 0.15) is 33.6 Å². The van der Waals surface area contributed by atoms with E-state index in [0.29, 0.717) is 43.6 Å². The molecule has 0 radical (unpaired) electrons. The van der Waals surface area contributed by atoms with Crippen LogP contribution in [0.5, 0.6) is 0 Å². The maximum absolute atomic E-state index is 13.8. The van der Waals surface area contributed by atoms with Crippen LogP contribution in [0.15, 0.2) is 36.7 Å². The molecule has 1 aliphatic rings. The monoisotopic (exact) mass is 348 g/mol. The van der Waals surface area contributed by atoms with E-state index < -0.39 is 34.7 Å². The minimum absolute atomic E-state index is 0.196. The molecule has 2 heterocycles. The Kier molecular flexibility index (Phi) is 4.83. The number of benzene rings is 1. The SMILES string of the molecule is O=C(c1c(F)cc(F)cc1F)C1CCN(C(=O)c2cccnc2)CC1. The third-order valence-corrected chi connectivity index (χ3v) is 4.31. The number of hydrogen-bond acceptors (Lipinski definition) is 3. The topological polar surface area (TPSA) is 50.3 Å². The van der Waals surface area contributed by atoms with Crippen molar-refractivity contribution in [2.45, 2.75) is 12.8 Å². The first-order valence-electron chi connectivity index (χ1n) is 7.85. The maximum atomic E-state index is 13.8. The van der Waals surface area contributed by atoms with Crippen LogP contribution in [0.4, 0.5) is 13.2 Å². The lowest BCUT2D eigenvalue weighted by Gasteiger charge is -2.31. The van der Waals surface area contributed by atoms with Gasteiger partial charge in [0.15, 0.2) is 5.78 Å². The Morgan fingerprint density at radius 3 is 2.28 bits per heavy atom. The molecule has 25 heavy (non-hydrogen) atoms. The van der Waals surface area contributed by atoms with Crippen LogP contribution in [0.25, 0.3) is 0 Å². The number of rotatable bonds is 3. The van der Waals surface area contributed by atoms with Crippen LogP contribution in [0.3, 0.4) is 0 Å². The maximum Gasteiger partial charge on any atom is 0.255 e. The molecule has 0 aliphatic carbocycles. The number of hydrogen-bond donors (Lipinski definition) is 0. The number of carbonyl (C=O) groups excluding carboxylic acids is 2. The molecule has 0 spiro atoms. The van der Waals surface area contributed by atoms with E-state index in [1.165, 1.54) is 6.20 Å². The Morgan fingerprint density at radius 2 is 1.72 bits per heavy atom. The molecule has 7 heteroatoms. The van der Waals surface area contributed by atoms with Gasteiger partial charge in [0.1, 0.15) is 17.5 Å². The summed E-state index contributed by atoms with van der Waals surface area (Å²) < 4.78 is 40.5. The zero-order chi connectivity index (χ0) is 18.0. The van der Waals surface area contributed by atoms with Crippen LogP contribution in [-0.4, -0.2) is 34.7 Å². The van der Waals surface area contributed by atoms with Crippen molar-refractivity contribution < 1.29 is 22.8 Å². The first-order chi connectivity index (χ1) is 12.0. The molecular weight excluding hydrogens is 333 g/mol. The quantitative estimate of drug-likeness (QED) is 0.800. The van der Waals surface area contributed by atoms with Gasteiger partial charge in [-0.05, 0) is 25.0 Å². The number of amides is 1. The van der Waals surface area contributed by atoms with Crippen LogP contribution in [0.2, 0.25) is 0 Å². The van der Waals surface area contributed by atoms with Crippen molar-refractivity contribution in [2.75, 3.05) is 13.1 Å². The summed E-state index contributed by atoms with van der Waals surface area (Å²) in [5.41, 5.74) is -0.263. The van der Waals surface area contributed by atoms with E-state index in [4.69, 9.17) is 0 Å². The van der Waals surface area contributed by atoms with Gasteiger partial charge >= 0.3 is 0 Å². The molecule has 2 aromatic rings. The predicted molar refractivity (Wildman–Crippen MR) is 83.5 cm³/mol. The number of likely N-dealkylation sites (tertiary alicyclic amines) is 1. The van der Waals surface area contributed by atoms with Crippen molar-refractivity contribution in [1.29, 1.82) is 0 Å². The lowest BCUT2D eigenvalue weighted by molar-refractivity contribution is 0.0647. The highest BCUT2D eigenvalue weighted by Crippen LogP contribution is 2.26. The van der Waals surface area contributed by atoms with Gasteiger partial charge in [-0.15, -0.1) is 0 Å². The van der Waals surface area contributed by atoms with E-state index in [2.05, 4.69) is 4.98 Å². The summed E-state index contributed by atoms with van der Waals surface area (Å²) in [5, 5.41) is 0. The molecule has 3 rings (SSSR count). The first-order valence-corrected chi connectivity index (χ1v) is 7.85. The van der Waals surface area contributed by atoms with E-state index in [-0.39, 0.29) is 5.91 Å². The van der Waals surface area contributed by atoms with Crippen LogP contribution in [0, 0.1) is 23.4 Å². The van der Waals surface area contributed by atoms with Crippen molar-refractivity contribution in [3.8, 4) is 0 Å². The van der Waals surface area contributed by atoms with Gasteiger partial charge in [-0.1, -0.05) is 0 Å². The molecule has 0 unspecified atom stereocenters. The summed E-state index contributed by atoms with van der Waals surface area (Å²) in [6.45, 7) is 0.600. The van der Waals surface area contributed by atoms with Gasteiger partial charge < -0.3 is 4.90 Å². The summed E-state index contributed by atoms with van der Waals surface area (Å²) in [6, 6.07) is 4.30. The third-order valence-electron chi connectivity index (χ3n) is 4.31. The van der Waals surface area contributed by atoms with Crippen molar-refractivity contribution in [3.63, 3.8) is 0 Å². The van der Waals surface area contributed by atoms with Crippen molar-refractivity contribution in [3.05, 3.63) is 65.2 Å². The Bertz CT molecular complexity index is 780. The number of halogens is 3. The summed E-state index contributed by atoms with van der Waals surface area (Å²) in [6.07, 6.45) is 3.61. The van der Waals surface area contributed by atoms with Gasteiger partial charge in [-0.2, -0.15) is 0 Å². The van der Waals surface area contributed by atoms with E-state index in [1.807, 2.05) is 0 Å². The molecule has 1 fully saturated rings. The Balaban J connectivity index is 1.68. The minimum atomic E-state index is -1.20. The van der Waals surface area contributed by atoms with Gasteiger partial charge in [0.2, 0.25) is 0 Å². The number of piperidine rings is 1. The highest BCUT2D eigenvalue weighted by Gasteiger charge is 2.31. The number of ketones is 1. The predicted octanol–water partition coefficient (Wildman–Crippen LogP) is 3.23. The molecule has 0 bridgehead atoms. The highest BCUT2D eigenvalue weighted by atomic mass is 19.1. The standard InChI is InChI=1S/C18H15F3N2O2/c19-13-8-14(20)16(15(21)9-13)17(24)11-3-6-23(7-4-11)18(25)12-2-1-5-22-10-12/h1-2,5,8-11H,3-4,6-7H2. The van der Waals surface area contributed by atoms with Crippen molar-refractivity contribution in [2.24, 2.45) is 5.92 Å². The number of nitrogens with zero attached hydrogens (tertiary/aromatic N) is 2. The Morgan fingerprint density at radius 1 is 1.08 bits per heavy atom. The second kappa shape index (κ2) is 7.04. The van der Waals surface area contributed by atoms with E-state index in [0.717, 1.165) is 0 Å². The molecule has 4 nitrogen and oxygen atoms in total. The molecule has 1 saturated heterocycles. The lowest BCUT2D eigenvalue weighted by atomic mass is 9.88. The molecule has 0 N–H and O–H groups in total. The number of aromatic nitrogens is 1. The normalized spacial score (nSPS) is 15.2. The van der Waals surface area contributed by atoms with Gasteiger partial charge in [-0.25, -0.2) is 13.2 Å². The summed E-state index contributed by atoms with van der Waals surface area (Å²) in [7, 11) is 0. The second-order valence-electron chi connectivity index (χ2n) is 5.92. The summed E-state index contributed by atoms with van der Waals surface area (Å²) in [5.74, 6) is -4.95. The molecule has 1 aliphatic heterocycles.